The highest BCUT2D eigenvalue weighted by atomic mass is 16.7. The van der Waals surface area contributed by atoms with Gasteiger partial charge in [0.05, 0.1) is 13.2 Å². The number of ether oxygens (including phenoxy) is 2. The van der Waals surface area contributed by atoms with Crippen LogP contribution < -0.4 is 0 Å². The van der Waals surface area contributed by atoms with Crippen LogP contribution in [0.3, 0.4) is 0 Å². The zero-order chi connectivity index (χ0) is 13.8. The fourth-order valence-corrected chi connectivity index (χ4v) is 1.46. The van der Waals surface area contributed by atoms with Crippen molar-refractivity contribution in [3.63, 3.8) is 0 Å². The van der Waals surface area contributed by atoms with E-state index in [2.05, 4.69) is 0 Å². The second-order valence-electron chi connectivity index (χ2n) is 4.76. The van der Waals surface area contributed by atoms with Crippen LogP contribution in [-0.4, -0.2) is 42.8 Å². The van der Waals surface area contributed by atoms with Crippen LogP contribution in [0.5, 0.6) is 0 Å². The summed E-state index contributed by atoms with van der Waals surface area (Å²) in [5.41, 5.74) is 0. The second-order valence-corrected chi connectivity index (χ2v) is 4.76. The number of rotatable bonds is 10. The van der Waals surface area contributed by atoms with Crippen molar-refractivity contribution in [2.75, 3.05) is 26.4 Å². The van der Waals surface area contributed by atoms with Gasteiger partial charge in [-0.3, -0.25) is 0 Å². The minimum absolute atomic E-state index is 0.161. The van der Waals surface area contributed by atoms with Crippen molar-refractivity contribution in [2.24, 2.45) is 11.8 Å². The van der Waals surface area contributed by atoms with Crippen molar-refractivity contribution in [1.82, 2.24) is 0 Å². The quantitative estimate of drug-likeness (QED) is 0.589. The van der Waals surface area contributed by atoms with E-state index in [1.165, 1.54) is 0 Å². The zero-order valence-corrected chi connectivity index (χ0v) is 11.4. The number of aliphatic hydroxyl groups excluding tert-OH is 2. The third-order valence-corrected chi connectivity index (χ3v) is 2.90. The lowest BCUT2D eigenvalue weighted by molar-refractivity contribution is 0.0474. The van der Waals surface area contributed by atoms with Crippen molar-refractivity contribution < 1.29 is 24.5 Å². The Morgan fingerprint density at radius 2 is 1.28 bits per heavy atom. The van der Waals surface area contributed by atoms with Crippen molar-refractivity contribution >= 4 is 6.16 Å². The van der Waals surface area contributed by atoms with Gasteiger partial charge >= 0.3 is 6.16 Å². The molecule has 2 unspecified atom stereocenters. The van der Waals surface area contributed by atoms with E-state index in [1.807, 2.05) is 13.8 Å². The maximum atomic E-state index is 11.2. The summed E-state index contributed by atoms with van der Waals surface area (Å²) >= 11 is 0. The van der Waals surface area contributed by atoms with Crippen molar-refractivity contribution in [2.45, 2.75) is 39.5 Å². The van der Waals surface area contributed by atoms with Gasteiger partial charge in [0.15, 0.2) is 0 Å². The third-order valence-electron chi connectivity index (χ3n) is 2.90. The number of hydrogen-bond acceptors (Lipinski definition) is 5. The molecule has 0 radical (unpaired) electrons. The highest BCUT2D eigenvalue weighted by Crippen LogP contribution is 2.08. The Balaban J connectivity index is 3.43. The molecule has 0 aliphatic rings. The van der Waals surface area contributed by atoms with Gasteiger partial charge in [0.25, 0.3) is 0 Å². The van der Waals surface area contributed by atoms with Gasteiger partial charge in [-0.05, 0) is 37.5 Å². The molecule has 0 aromatic carbocycles. The van der Waals surface area contributed by atoms with Crippen LogP contribution in [0.15, 0.2) is 0 Å². The van der Waals surface area contributed by atoms with Crippen LogP contribution in [0.4, 0.5) is 4.79 Å². The summed E-state index contributed by atoms with van der Waals surface area (Å²) in [5.74, 6) is 0.680. The predicted molar refractivity (Wildman–Crippen MR) is 68.3 cm³/mol. The first-order valence-electron chi connectivity index (χ1n) is 6.61. The Hall–Kier alpha value is -0.810. The lowest BCUT2D eigenvalue weighted by Gasteiger charge is -2.11. The molecule has 0 spiro atoms. The first-order chi connectivity index (χ1) is 8.60. The van der Waals surface area contributed by atoms with Crippen LogP contribution >= 0.6 is 0 Å². The first kappa shape index (κ1) is 17.2. The smallest absolute Gasteiger partial charge is 0.434 e. The fraction of sp³-hybridized carbons (Fsp3) is 0.923. The average molecular weight is 262 g/mol. The van der Waals surface area contributed by atoms with E-state index in [9.17, 15) is 4.79 Å². The Kier molecular flexibility index (Phi) is 10.8. The SMILES string of the molecule is CC(CCO)CCOC(=O)OCCC(C)CCO. The molecule has 0 rings (SSSR count). The molecule has 0 heterocycles. The molecule has 0 bridgehead atoms. The van der Waals surface area contributed by atoms with Crippen LogP contribution in [0, 0.1) is 11.8 Å². The summed E-state index contributed by atoms with van der Waals surface area (Å²) in [7, 11) is 0. The largest absolute Gasteiger partial charge is 0.508 e. The van der Waals surface area contributed by atoms with Crippen molar-refractivity contribution in [3.8, 4) is 0 Å². The topological polar surface area (TPSA) is 76.0 Å². The maximum absolute atomic E-state index is 11.2. The lowest BCUT2D eigenvalue weighted by atomic mass is 10.1. The van der Waals surface area contributed by atoms with E-state index < -0.39 is 6.16 Å². The van der Waals surface area contributed by atoms with E-state index >= 15 is 0 Å². The molecule has 0 saturated heterocycles. The summed E-state index contributed by atoms with van der Waals surface area (Å²) < 4.78 is 9.82. The second kappa shape index (κ2) is 11.3. The van der Waals surface area contributed by atoms with Crippen molar-refractivity contribution in [1.29, 1.82) is 0 Å². The summed E-state index contributed by atoms with van der Waals surface area (Å²) in [6.45, 7) is 4.98. The third kappa shape index (κ3) is 10.4. The molecular formula is C13H26O5. The normalized spacial score (nSPS) is 14.0. The number of aliphatic hydroxyl groups is 2. The van der Waals surface area contributed by atoms with E-state index in [0.717, 1.165) is 25.7 Å². The predicted octanol–water partition coefficient (Wildman–Crippen LogP) is 1.96. The Labute approximate surface area is 109 Å². The van der Waals surface area contributed by atoms with Gasteiger partial charge in [-0.2, -0.15) is 0 Å². The molecule has 0 aliphatic heterocycles. The highest BCUT2D eigenvalue weighted by molar-refractivity contribution is 5.59. The minimum atomic E-state index is -0.637. The lowest BCUT2D eigenvalue weighted by Crippen LogP contribution is -2.13. The average Bonchev–Trinajstić information content (AvgIpc) is 2.29. The Morgan fingerprint density at radius 3 is 1.61 bits per heavy atom. The number of hydrogen-bond donors (Lipinski definition) is 2. The van der Waals surface area contributed by atoms with Crippen LogP contribution in [0.25, 0.3) is 0 Å². The van der Waals surface area contributed by atoms with Crippen LogP contribution in [0.2, 0.25) is 0 Å². The van der Waals surface area contributed by atoms with Crippen LogP contribution in [-0.2, 0) is 9.47 Å². The molecule has 0 aliphatic carbocycles. The highest BCUT2D eigenvalue weighted by Gasteiger charge is 2.08. The minimum Gasteiger partial charge on any atom is -0.434 e. The molecule has 0 aromatic rings. The molecule has 5 heteroatoms. The van der Waals surface area contributed by atoms with Gasteiger partial charge < -0.3 is 19.7 Å². The molecular weight excluding hydrogens is 236 g/mol. The zero-order valence-electron chi connectivity index (χ0n) is 11.4. The summed E-state index contributed by atoms with van der Waals surface area (Å²) in [6, 6.07) is 0. The van der Waals surface area contributed by atoms with Crippen molar-refractivity contribution in [3.05, 3.63) is 0 Å². The van der Waals surface area contributed by atoms with Gasteiger partial charge in [-0.25, -0.2) is 4.79 Å². The Bertz CT molecular complexity index is 188. The molecule has 0 saturated carbocycles. The van der Waals surface area contributed by atoms with E-state index in [-0.39, 0.29) is 13.2 Å². The standard InChI is InChI=1S/C13H26O5/c1-11(3-7-14)5-9-17-13(16)18-10-6-12(2)4-8-15/h11-12,14-15H,3-10H2,1-2H3. The van der Waals surface area contributed by atoms with E-state index in [1.54, 1.807) is 0 Å². The number of carbonyl (C=O) groups excluding carboxylic acids is 1. The molecule has 0 fully saturated rings. The summed E-state index contributed by atoms with van der Waals surface area (Å²) in [4.78, 5) is 11.2. The molecule has 108 valence electrons. The Morgan fingerprint density at radius 1 is 0.889 bits per heavy atom. The molecule has 2 atom stereocenters. The van der Waals surface area contributed by atoms with Gasteiger partial charge in [0, 0.05) is 13.2 Å². The van der Waals surface area contributed by atoms with E-state index in [4.69, 9.17) is 19.7 Å². The van der Waals surface area contributed by atoms with E-state index in [0.29, 0.717) is 25.0 Å². The van der Waals surface area contributed by atoms with Gasteiger partial charge in [0.2, 0.25) is 0 Å². The number of carbonyl (C=O) groups is 1. The monoisotopic (exact) mass is 262 g/mol. The summed E-state index contributed by atoms with van der Waals surface area (Å²) in [6.07, 6.45) is 2.27. The molecule has 5 nitrogen and oxygen atoms in total. The van der Waals surface area contributed by atoms with Gasteiger partial charge in [0.1, 0.15) is 0 Å². The van der Waals surface area contributed by atoms with Crippen LogP contribution in [0.1, 0.15) is 39.5 Å². The van der Waals surface area contributed by atoms with Gasteiger partial charge in [-0.15, -0.1) is 0 Å². The molecule has 18 heavy (non-hydrogen) atoms. The molecule has 2 N–H and O–H groups in total. The fourth-order valence-electron chi connectivity index (χ4n) is 1.46. The molecule has 0 amide bonds. The maximum Gasteiger partial charge on any atom is 0.508 e. The first-order valence-corrected chi connectivity index (χ1v) is 6.61. The summed E-state index contributed by atoms with van der Waals surface area (Å²) in [5, 5.41) is 17.4. The van der Waals surface area contributed by atoms with Gasteiger partial charge in [-0.1, -0.05) is 13.8 Å². The molecule has 0 aromatic heterocycles.